The van der Waals surface area contributed by atoms with Crippen LogP contribution in [-0.2, 0) is 4.79 Å². The first kappa shape index (κ1) is 11.6. The van der Waals surface area contributed by atoms with Gasteiger partial charge in [0.15, 0.2) is 0 Å². The molecule has 1 rings (SSSR count). The molecule has 1 aromatic heterocycles. The quantitative estimate of drug-likeness (QED) is 0.807. The Kier molecular flexibility index (Phi) is 3.79. The minimum absolute atomic E-state index is 0.305. The average molecular weight is 228 g/mol. The highest BCUT2D eigenvalue weighted by Gasteiger charge is 2.20. The van der Waals surface area contributed by atoms with E-state index in [-0.39, 0.29) is 0 Å². The van der Waals surface area contributed by atoms with Crippen molar-refractivity contribution < 1.29 is 14.7 Å². The van der Waals surface area contributed by atoms with Gasteiger partial charge in [0.2, 0.25) is 0 Å². The topological polar surface area (TPSA) is 79.3 Å². The van der Waals surface area contributed by atoms with Gasteiger partial charge in [-0.25, -0.2) is 9.78 Å². The second kappa shape index (κ2) is 4.88. The number of aromatic nitrogens is 1. The van der Waals surface area contributed by atoms with Gasteiger partial charge in [0, 0.05) is 4.88 Å². The second-order valence-corrected chi connectivity index (χ2v) is 4.09. The number of aryl methyl sites for hydroxylation is 1. The summed E-state index contributed by atoms with van der Waals surface area (Å²) in [5.74, 6) is -1.46. The third-order valence-corrected chi connectivity index (χ3v) is 2.73. The lowest BCUT2D eigenvalue weighted by Crippen LogP contribution is -2.40. The van der Waals surface area contributed by atoms with Gasteiger partial charge in [-0.15, -0.1) is 11.3 Å². The Balaban J connectivity index is 2.71. The zero-order valence-electron chi connectivity index (χ0n) is 8.48. The van der Waals surface area contributed by atoms with Crippen LogP contribution in [-0.4, -0.2) is 28.0 Å². The molecular weight excluding hydrogens is 216 g/mol. The lowest BCUT2D eigenvalue weighted by molar-refractivity contribution is -0.139. The molecule has 1 atom stereocenters. The van der Waals surface area contributed by atoms with Crippen LogP contribution in [0.1, 0.15) is 28.7 Å². The molecule has 0 saturated carbocycles. The first-order chi connectivity index (χ1) is 7.06. The summed E-state index contributed by atoms with van der Waals surface area (Å²) in [5.41, 5.74) is 1.87. The van der Waals surface area contributed by atoms with Crippen LogP contribution in [0.5, 0.6) is 0 Å². The van der Waals surface area contributed by atoms with Crippen LogP contribution in [0.15, 0.2) is 5.51 Å². The van der Waals surface area contributed by atoms with Crippen molar-refractivity contribution in [1.29, 1.82) is 0 Å². The maximum Gasteiger partial charge on any atom is 0.326 e. The van der Waals surface area contributed by atoms with Crippen LogP contribution < -0.4 is 5.32 Å². The van der Waals surface area contributed by atoms with Gasteiger partial charge in [0.05, 0.1) is 5.51 Å². The molecule has 0 aliphatic heterocycles. The number of nitrogens with one attached hydrogen (secondary N) is 1. The predicted octanol–water partition coefficient (Wildman–Crippen LogP) is 1.04. The highest BCUT2D eigenvalue weighted by atomic mass is 32.1. The molecule has 1 amide bonds. The second-order valence-electron chi connectivity index (χ2n) is 3.03. The molecule has 2 N–H and O–H groups in total. The van der Waals surface area contributed by atoms with Crippen molar-refractivity contribution in [1.82, 2.24) is 10.3 Å². The number of nitrogens with zero attached hydrogens (tertiary/aromatic N) is 1. The molecule has 1 heterocycles. The van der Waals surface area contributed by atoms with E-state index >= 15 is 0 Å². The number of hydrogen-bond acceptors (Lipinski definition) is 4. The fourth-order valence-electron chi connectivity index (χ4n) is 1.09. The van der Waals surface area contributed by atoms with E-state index in [0.717, 1.165) is 4.88 Å². The van der Waals surface area contributed by atoms with Gasteiger partial charge < -0.3 is 10.4 Å². The van der Waals surface area contributed by atoms with Crippen molar-refractivity contribution in [3.8, 4) is 0 Å². The van der Waals surface area contributed by atoms with Gasteiger partial charge >= 0.3 is 5.97 Å². The summed E-state index contributed by atoms with van der Waals surface area (Å²) in [5, 5.41) is 11.2. The van der Waals surface area contributed by atoms with Crippen LogP contribution in [0.2, 0.25) is 0 Å². The smallest absolute Gasteiger partial charge is 0.326 e. The summed E-state index contributed by atoms with van der Waals surface area (Å²) in [7, 11) is 0. The maximum absolute atomic E-state index is 11.6. The Morgan fingerprint density at radius 3 is 2.73 bits per heavy atom. The molecule has 1 aromatic rings. The SMILES string of the molecule is CCC(NC(=O)c1ncsc1C)C(=O)O. The third kappa shape index (κ3) is 2.76. The molecule has 0 spiro atoms. The summed E-state index contributed by atoms with van der Waals surface area (Å²) >= 11 is 1.36. The van der Waals surface area contributed by atoms with Crippen molar-refractivity contribution in [3.63, 3.8) is 0 Å². The summed E-state index contributed by atoms with van der Waals surface area (Å²) in [4.78, 5) is 26.9. The zero-order valence-corrected chi connectivity index (χ0v) is 9.30. The van der Waals surface area contributed by atoms with Gasteiger partial charge in [-0.3, -0.25) is 4.79 Å². The van der Waals surface area contributed by atoms with Crippen molar-refractivity contribution >= 4 is 23.2 Å². The molecule has 82 valence electrons. The number of carbonyl (C=O) groups is 2. The van der Waals surface area contributed by atoms with Crippen molar-refractivity contribution in [2.45, 2.75) is 26.3 Å². The summed E-state index contributed by atoms with van der Waals surface area (Å²) in [6.45, 7) is 3.47. The van der Waals surface area contributed by atoms with Crippen molar-refractivity contribution in [2.75, 3.05) is 0 Å². The van der Waals surface area contributed by atoms with E-state index in [9.17, 15) is 9.59 Å². The number of carboxylic acid groups (broad SMARTS) is 1. The lowest BCUT2D eigenvalue weighted by atomic mass is 10.2. The molecule has 15 heavy (non-hydrogen) atoms. The van der Waals surface area contributed by atoms with E-state index in [4.69, 9.17) is 5.11 Å². The monoisotopic (exact) mass is 228 g/mol. The third-order valence-electron chi connectivity index (χ3n) is 1.97. The van der Waals surface area contributed by atoms with E-state index in [2.05, 4.69) is 10.3 Å². The van der Waals surface area contributed by atoms with Crippen molar-refractivity contribution in [3.05, 3.63) is 16.1 Å². The van der Waals surface area contributed by atoms with E-state index < -0.39 is 17.9 Å². The largest absolute Gasteiger partial charge is 0.480 e. The minimum atomic E-state index is -1.03. The number of amides is 1. The average Bonchev–Trinajstić information content (AvgIpc) is 2.60. The molecule has 0 aliphatic carbocycles. The highest BCUT2D eigenvalue weighted by molar-refractivity contribution is 7.09. The Bertz CT molecular complexity index is 375. The van der Waals surface area contributed by atoms with E-state index in [1.165, 1.54) is 11.3 Å². The number of carboxylic acids is 1. The molecular formula is C9H12N2O3S. The fourth-order valence-corrected chi connectivity index (χ4v) is 1.66. The molecule has 0 aliphatic rings. The predicted molar refractivity (Wildman–Crippen MR) is 56.0 cm³/mol. The molecule has 0 bridgehead atoms. The minimum Gasteiger partial charge on any atom is -0.480 e. The van der Waals surface area contributed by atoms with Gasteiger partial charge in [-0.2, -0.15) is 0 Å². The first-order valence-corrected chi connectivity index (χ1v) is 5.38. The first-order valence-electron chi connectivity index (χ1n) is 4.50. The lowest BCUT2D eigenvalue weighted by Gasteiger charge is -2.11. The molecule has 0 radical (unpaired) electrons. The molecule has 0 aromatic carbocycles. The van der Waals surface area contributed by atoms with Crippen molar-refractivity contribution in [2.24, 2.45) is 0 Å². The van der Waals surface area contributed by atoms with E-state index in [1.807, 2.05) is 0 Å². The van der Waals surface area contributed by atoms with Gasteiger partial charge in [-0.05, 0) is 13.3 Å². The van der Waals surface area contributed by atoms with Crippen LogP contribution >= 0.6 is 11.3 Å². The molecule has 1 unspecified atom stereocenters. The van der Waals surface area contributed by atoms with Crippen LogP contribution in [0, 0.1) is 6.92 Å². The van der Waals surface area contributed by atoms with E-state index in [0.29, 0.717) is 12.1 Å². The Hall–Kier alpha value is -1.43. The number of hydrogen-bond donors (Lipinski definition) is 2. The summed E-state index contributed by atoms with van der Waals surface area (Å²) < 4.78 is 0. The highest BCUT2D eigenvalue weighted by Crippen LogP contribution is 2.11. The number of thiazole rings is 1. The van der Waals surface area contributed by atoms with Crippen LogP contribution in [0.3, 0.4) is 0 Å². The van der Waals surface area contributed by atoms with Gasteiger partial charge in [0.25, 0.3) is 5.91 Å². The summed E-state index contributed by atoms with van der Waals surface area (Å²) in [6.07, 6.45) is 0.351. The van der Waals surface area contributed by atoms with E-state index in [1.54, 1.807) is 19.4 Å². The van der Waals surface area contributed by atoms with Crippen LogP contribution in [0.25, 0.3) is 0 Å². The number of aliphatic carboxylic acids is 1. The van der Waals surface area contributed by atoms with Gasteiger partial charge in [-0.1, -0.05) is 6.92 Å². The Labute approximate surface area is 91.1 Å². The molecule has 5 nitrogen and oxygen atoms in total. The maximum atomic E-state index is 11.6. The fraction of sp³-hybridized carbons (Fsp3) is 0.444. The number of carbonyl (C=O) groups excluding carboxylic acids is 1. The normalized spacial score (nSPS) is 12.1. The van der Waals surface area contributed by atoms with Crippen LogP contribution in [0.4, 0.5) is 0 Å². The molecule has 0 fully saturated rings. The van der Waals surface area contributed by atoms with Gasteiger partial charge in [0.1, 0.15) is 11.7 Å². The zero-order chi connectivity index (χ0) is 11.4. The molecule has 6 heteroatoms. The Morgan fingerprint density at radius 1 is 1.67 bits per heavy atom. The standard InChI is InChI=1S/C9H12N2O3S/c1-3-6(9(13)14)11-8(12)7-5(2)15-4-10-7/h4,6H,3H2,1-2H3,(H,11,12)(H,13,14). The molecule has 0 saturated heterocycles. The Morgan fingerprint density at radius 2 is 2.33 bits per heavy atom. The number of rotatable bonds is 4. The summed E-state index contributed by atoms with van der Waals surface area (Å²) in [6, 6.07) is -0.849.